The molecule has 6 heteroatoms. The van der Waals surface area contributed by atoms with E-state index in [1.54, 1.807) is 24.3 Å². The molecule has 0 spiro atoms. The van der Waals surface area contributed by atoms with Crippen LogP contribution in [0.2, 0.25) is 0 Å². The third-order valence-corrected chi connectivity index (χ3v) is 4.63. The molecule has 26 heavy (non-hydrogen) atoms. The number of rotatable bonds is 3. The molecule has 1 aliphatic rings. The van der Waals surface area contributed by atoms with Crippen LogP contribution in [0, 0.1) is 0 Å². The van der Waals surface area contributed by atoms with Crippen LogP contribution in [0.15, 0.2) is 60.7 Å². The van der Waals surface area contributed by atoms with Crippen molar-refractivity contribution in [3.63, 3.8) is 0 Å². The molecule has 0 saturated carbocycles. The minimum atomic E-state index is -4.57. The van der Waals surface area contributed by atoms with Crippen LogP contribution in [0.4, 0.5) is 18.9 Å². The van der Waals surface area contributed by atoms with Crippen molar-refractivity contribution in [2.45, 2.75) is 12.3 Å². The SMILES string of the molecule is O=C1c2cccc3cccc(c23)N1CC(O)c1ccccc1C(F)(F)F. The number of amides is 1. The third kappa shape index (κ3) is 2.54. The highest BCUT2D eigenvalue weighted by molar-refractivity contribution is 6.25. The van der Waals surface area contributed by atoms with Crippen LogP contribution in [0.5, 0.6) is 0 Å². The number of carbonyl (C=O) groups is 1. The molecule has 0 fully saturated rings. The lowest BCUT2D eigenvalue weighted by Crippen LogP contribution is -2.32. The zero-order chi connectivity index (χ0) is 18.5. The van der Waals surface area contributed by atoms with Crippen LogP contribution in [0.1, 0.15) is 27.6 Å². The number of anilines is 1. The summed E-state index contributed by atoms with van der Waals surface area (Å²) in [4.78, 5) is 14.1. The summed E-state index contributed by atoms with van der Waals surface area (Å²) in [6.45, 7) is -0.250. The lowest BCUT2D eigenvalue weighted by molar-refractivity contribution is -0.139. The van der Waals surface area contributed by atoms with Gasteiger partial charge in [-0.3, -0.25) is 4.79 Å². The maximum Gasteiger partial charge on any atom is 0.416 e. The summed E-state index contributed by atoms with van der Waals surface area (Å²) in [7, 11) is 0. The average molecular weight is 357 g/mol. The first-order valence-electron chi connectivity index (χ1n) is 8.06. The van der Waals surface area contributed by atoms with E-state index in [0.29, 0.717) is 11.3 Å². The number of β-amino-alcohol motifs (C(OH)–C–C–N with tert-alkyl or cyclic N) is 1. The van der Waals surface area contributed by atoms with E-state index >= 15 is 0 Å². The van der Waals surface area contributed by atoms with Crippen LogP contribution in [0.3, 0.4) is 0 Å². The van der Waals surface area contributed by atoms with E-state index < -0.39 is 17.8 Å². The molecule has 1 aliphatic heterocycles. The lowest BCUT2D eigenvalue weighted by Gasteiger charge is -2.23. The summed E-state index contributed by atoms with van der Waals surface area (Å²) in [5.41, 5.74) is -0.0353. The Bertz CT molecular complexity index is 1010. The number of hydrogen-bond acceptors (Lipinski definition) is 2. The Morgan fingerprint density at radius 3 is 2.38 bits per heavy atom. The van der Waals surface area contributed by atoms with E-state index in [2.05, 4.69) is 0 Å². The second-order valence-electron chi connectivity index (χ2n) is 6.20. The van der Waals surface area contributed by atoms with E-state index in [4.69, 9.17) is 0 Å². The summed E-state index contributed by atoms with van der Waals surface area (Å²) in [6, 6.07) is 15.6. The molecule has 3 aromatic carbocycles. The lowest BCUT2D eigenvalue weighted by atomic mass is 10.0. The van der Waals surface area contributed by atoms with Gasteiger partial charge in [-0.05, 0) is 29.1 Å². The van der Waals surface area contributed by atoms with Gasteiger partial charge in [0, 0.05) is 10.9 Å². The number of nitrogens with zero attached hydrogens (tertiary/aromatic N) is 1. The van der Waals surface area contributed by atoms with Crippen molar-refractivity contribution in [3.8, 4) is 0 Å². The quantitative estimate of drug-likeness (QED) is 0.747. The fourth-order valence-corrected chi connectivity index (χ4v) is 3.48. The largest absolute Gasteiger partial charge is 0.416 e. The number of carbonyl (C=O) groups excluding carboxylic acids is 1. The fraction of sp³-hybridized carbons (Fsp3) is 0.150. The Balaban J connectivity index is 1.72. The summed E-state index contributed by atoms with van der Waals surface area (Å²) >= 11 is 0. The van der Waals surface area contributed by atoms with Crippen molar-refractivity contribution >= 4 is 22.4 Å². The minimum Gasteiger partial charge on any atom is -0.387 e. The minimum absolute atomic E-state index is 0.240. The predicted molar refractivity (Wildman–Crippen MR) is 92.0 cm³/mol. The van der Waals surface area contributed by atoms with E-state index in [1.807, 2.05) is 12.1 Å². The molecule has 4 rings (SSSR count). The molecule has 3 nitrogen and oxygen atoms in total. The smallest absolute Gasteiger partial charge is 0.387 e. The molecular formula is C20H14F3NO2. The highest BCUT2D eigenvalue weighted by Crippen LogP contribution is 2.39. The van der Waals surface area contributed by atoms with Gasteiger partial charge in [-0.2, -0.15) is 13.2 Å². The summed E-state index contributed by atoms with van der Waals surface area (Å²) in [6.07, 6.45) is -6.03. The van der Waals surface area contributed by atoms with Gasteiger partial charge in [-0.25, -0.2) is 0 Å². The number of benzene rings is 3. The third-order valence-electron chi connectivity index (χ3n) is 4.63. The Kier molecular flexibility index (Phi) is 3.73. The maximum atomic E-state index is 13.2. The van der Waals surface area contributed by atoms with Crippen molar-refractivity contribution < 1.29 is 23.1 Å². The first kappa shape index (κ1) is 16.6. The van der Waals surface area contributed by atoms with Crippen molar-refractivity contribution in [1.29, 1.82) is 0 Å². The normalized spacial score (nSPS) is 14.9. The van der Waals surface area contributed by atoms with Crippen molar-refractivity contribution in [2.75, 3.05) is 11.4 Å². The van der Waals surface area contributed by atoms with E-state index in [1.165, 1.54) is 23.1 Å². The Hall–Kier alpha value is -2.86. The monoisotopic (exact) mass is 357 g/mol. The van der Waals surface area contributed by atoms with Gasteiger partial charge < -0.3 is 10.0 Å². The first-order chi connectivity index (χ1) is 12.4. The van der Waals surface area contributed by atoms with E-state index in [0.717, 1.165) is 16.8 Å². The molecule has 1 N–H and O–H groups in total. The van der Waals surface area contributed by atoms with Gasteiger partial charge in [-0.1, -0.05) is 42.5 Å². The molecule has 1 amide bonds. The molecule has 0 aromatic heterocycles. The van der Waals surface area contributed by atoms with Crippen molar-refractivity contribution in [2.24, 2.45) is 0 Å². The van der Waals surface area contributed by atoms with Crippen LogP contribution in [-0.2, 0) is 6.18 Å². The molecule has 1 heterocycles. The van der Waals surface area contributed by atoms with E-state index in [-0.39, 0.29) is 18.0 Å². The predicted octanol–water partition coefficient (Wildman–Crippen LogP) is 4.55. The van der Waals surface area contributed by atoms with Crippen LogP contribution < -0.4 is 4.90 Å². The van der Waals surface area contributed by atoms with Crippen LogP contribution in [0.25, 0.3) is 10.8 Å². The van der Waals surface area contributed by atoms with Gasteiger partial charge in [0.15, 0.2) is 0 Å². The first-order valence-corrected chi connectivity index (χ1v) is 8.06. The van der Waals surface area contributed by atoms with Gasteiger partial charge in [0.05, 0.1) is 23.9 Å². The Morgan fingerprint density at radius 2 is 1.65 bits per heavy atom. The molecule has 1 unspecified atom stereocenters. The standard InChI is InChI=1S/C20H14F3NO2/c21-20(22,23)15-9-2-1-7-13(15)17(25)11-24-16-10-4-6-12-5-3-8-14(18(12)16)19(24)26/h1-10,17,25H,11H2. The molecule has 132 valence electrons. The highest BCUT2D eigenvalue weighted by Gasteiger charge is 2.36. The fourth-order valence-electron chi connectivity index (χ4n) is 3.48. The number of hydrogen-bond donors (Lipinski definition) is 1. The molecule has 1 atom stereocenters. The Morgan fingerprint density at radius 1 is 0.962 bits per heavy atom. The van der Waals surface area contributed by atoms with Gasteiger partial charge in [0.1, 0.15) is 0 Å². The maximum absolute atomic E-state index is 13.2. The van der Waals surface area contributed by atoms with Crippen LogP contribution in [-0.4, -0.2) is 17.6 Å². The van der Waals surface area contributed by atoms with Crippen LogP contribution >= 0.6 is 0 Å². The summed E-state index contributed by atoms with van der Waals surface area (Å²) in [5.74, 6) is -0.319. The highest BCUT2D eigenvalue weighted by atomic mass is 19.4. The van der Waals surface area contributed by atoms with Gasteiger partial charge in [-0.15, -0.1) is 0 Å². The summed E-state index contributed by atoms with van der Waals surface area (Å²) < 4.78 is 39.6. The number of aliphatic hydroxyl groups excluding tert-OH is 1. The van der Waals surface area contributed by atoms with Gasteiger partial charge in [0.25, 0.3) is 5.91 Å². The van der Waals surface area contributed by atoms with Gasteiger partial charge >= 0.3 is 6.18 Å². The Labute approximate surface area is 147 Å². The second-order valence-corrected chi connectivity index (χ2v) is 6.20. The molecule has 3 aromatic rings. The molecule has 0 radical (unpaired) electrons. The van der Waals surface area contributed by atoms with Gasteiger partial charge in [0.2, 0.25) is 0 Å². The van der Waals surface area contributed by atoms with E-state index in [9.17, 15) is 23.1 Å². The molecule has 0 saturated heterocycles. The number of aliphatic hydroxyl groups is 1. The molecule has 0 bridgehead atoms. The summed E-state index contributed by atoms with van der Waals surface area (Å²) in [5, 5.41) is 12.1. The average Bonchev–Trinajstić information content (AvgIpc) is 2.89. The molecule has 0 aliphatic carbocycles. The van der Waals surface area contributed by atoms with Crippen molar-refractivity contribution in [3.05, 3.63) is 77.4 Å². The number of halogens is 3. The molecular weight excluding hydrogens is 343 g/mol. The zero-order valence-corrected chi connectivity index (χ0v) is 13.5. The van der Waals surface area contributed by atoms with Crippen molar-refractivity contribution in [1.82, 2.24) is 0 Å². The zero-order valence-electron chi connectivity index (χ0n) is 13.5. The second kappa shape index (κ2) is 5.85. The topological polar surface area (TPSA) is 40.5 Å². The number of alkyl halides is 3.